The highest BCUT2D eigenvalue weighted by Gasteiger charge is 2.21. The van der Waals surface area contributed by atoms with Gasteiger partial charge >= 0.3 is 0 Å². The van der Waals surface area contributed by atoms with Crippen molar-refractivity contribution < 1.29 is 9.59 Å². The van der Waals surface area contributed by atoms with Crippen molar-refractivity contribution in [3.8, 4) is 0 Å². The third-order valence-corrected chi connectivity index (χ3v) is 5.86. The van der Waals surface area contributed by atoms with Gasteiger partial charge in [0.25, 0.3) is 0 Å². The zero-order chi connectivity index (χ0) is 19.1. The van der Waals surface area contributed by atoms with Crippen LogP contribution in [0.4, 0.5) is 5.69 Å². The van der Waals surface area contributed by atoms with Crippen molar-refractivity contribution in [3.05, 3.63) is 29.8 Å². The van der Waals surface area contributed by atoms with Crippen molar-refractivity contribution in [2.75, 3.05) is 5.32 Å². The third kappa shape index (κ3) is 5.65. The predicted molar refractivity (Wildman–Crippen MR) is 109 cm³/mol. The molecule has 0 spiro atoms. The number of carbonyl (C=O) groups excluding carboxylic acids is 2. The predicted octanol–water partition coefficient (Wildman–Crippen LogP) is 4.63. The largest absolute Gasteiger partial charge is 0.326 e. The summed E-state index contributed by atoms with van der Waals surface area (Å²) >= 11 is 0. The molecule has 2 saturated carbocycles. The Hall–Kier alpha value is -2.17. The summed E-state index contributed by atoms with van der Waals surface area (Å²) in [5.74, 6) is 0.419. The zero-order valence-corrected chi connectivity index (χ0v) is 16.3. The molecule has 146 valence electrons. The van der Waals surface area contributed by atoms with Gasteiger partial charge in [0.1, 0.15) is 0 Å². The molecule has 0 atom stereocenters. The lowest BCUT2D eigenvalue weighted by molar-refractivity contribution is -0.126. The Bertz CT molecular complexity index is 669. The topological polar surface area (TPSA) is 70.6 Å². The van der Waals surface area contributed by atoms with Gasteiger partial charge in [-0.25, -0.2) is 5.43 Å². The molecule has 0 heterocycles. The highest BCUT2D eigenvalue weighted by molar-refractivity contribution is 6.00. The number of rotatable bonds is 5. The van der Waals surface area contributed by atoms with Crippen LogP contribution in [0.1, 0.15) is 76.7 Å². The second kappa shape index (κ2) is 9.67. The van der Waals surface area contributed by atoms with Crippen LogP contribution in [-0.4, -0.2) is 17.5 Å². The third-order valence-electron chi connectivity index (χ3n) is 5.86. The van der Waals surface area contributed by atoms with Gasteiger partial charge in [0.2, 0.25) is 11.8 Å². The maximum Gasteiger partial charge on any atom is 0.243 e. The summed E-state index contributed by atoms with van der Waals surface area (Å²) in [5.41, 5.74) is 5.24. The maximum atomic E-state index is 12.3. The maximum absolute atomic E-state index is 12.3. The molecule has 1 aromatic rings. The average Bonchev–Trinajstić information content (AvgIpc) is 2.73. The SMILES string of the molecule is C/C(=N/NC(=O)C1CCCCC1)c1ccc(NC(=O)C2CCCCC2)cc1. The number of carbonyl (C=O) groups is 2. The fraction of sp³-hybridized carbons (Fsp3) is 0.591. The molecule has 27 heavy (non-hydrogen) atoms. The van der Waals surface area contributed by atoms with E-state index in [1.807, 2.05) is 31.2 Å². The van der Waals surface area contributed by atoms with Crippen molar-refractivity contribution >= 4 is 23.2 Å². The summed E-state index contributed by atoms with van der Waals surface area (Å²) in [6, 6.07) is 7.67. The molecule has 0 aliphatic heterocycles. The number of anilines is 1. The molecule has 0 unspecified atom stereocenters. The van der Waals surface area contributed by atoms with Gasteiger partial charge in [-0.1, -0.05) is 50.7 Å². The fourth-order valence-electron chi connectivity index (χ4n) is 4.06. The van der Waals surface area contributed by atoms with Gasteiger partial charge in [0.05, 0.1) is 5.71 Å². The molecular formula is C22H31N3O2. The lowest BCUT2D eigenvalue weighted by atomic mass is 9.88. The normalized spacial score (nSPS) is 19.5. The lowest BCUT2D eigenvalue weighted by Crippen LogP contribution is -2.29. The molecule has 0 saturated heterocycles. The minimum atomic E-state index is 0.0328. The summed E-state index contributed by atoms with van der Waals surface area (Å²) in [7, 11) is 0. The molecule has 2 aliphatic carbocycles. The van der Waals surface area contributed by atoms with E-state index in [0.29, 0.717) is 0 Å². The van der Waals surface area contributed by atoms with Crippen LogP contribution >= 0.6 is 0 Å². The molecule has 2 amide bonds. The zero-order valence-electron chi connectivity index (χ0n) is 16.3. The van der Waals surface area contributed by atoms with E-state index in [-0.39, 0.29) is 23.7 Å². The Morgan fingerprint density at radius 2 is 1.33 bits per heavy atom. The molecule has 1 aromatic carbocycles. The van der Waals surface area contributed by atoms with Crippen LogP contribution in [0.25, 0.3) is 0 Å². The number of hydrogen-bond donors (Lipinski definition) is 2. The standard InChI is InChI=1S/C22H31N3O2/c1-16(24-25-22(27)19-10-6-3-7-11-19)17-12-14-20(15-13-17)23-21(26)18-8-4-2-5-9-18/h12-15,18-19H,2-11H2,1H3,(H,23,26)(H,25,27)/b24-16-. The number of amides is 2. The molecule has 0 radical (unpaired) electrons. The van der Waals surface area contributed by atoms with E-state index in [0.717, 1.165) is 68.3 Å². The monoisotopic (exact) mass is 369 g/mol. The molecule has 0 aromatic heterocycles. The Balaban J connectivity index is 1.52. The van der Waals surface area contributed by atoms with Gasteiger partial charge in [0.15, 0.2) is 0 Å². The first-order valence-corrected chi connectivity index (χ1v) is 10.4. The highest BCUT2D eigenvalue weighted by atomic mass is 16.2. The molecule has 5 nitrogen and oxygen atoms in total. The van der Waals surface area contributed by atoms with Crippen LogP contribution in [0.5, 0.6) is 0 Å². The van der Waals surface area contributed by atoms with E-state index in [2.05, 4.69) is 15.8 Å². The Kier molecular flexibility index (Phi) is 7.02. The van der Waals surface area contributed by atoms with Gasteiger partial charge in [-0.15, -0.1) is 0 Å². The lowest BCUT2D eigenvalue weighted by Gasteiger charge is -2.20. The van der Waals surface area contributed by atoms with Crippen LogP contribution in [0.15, 0.2) is 29.4 Å². The van der Waals surface area contributed by atoms with Crippen molar-refractivity contribution in [1.29, 1.82) is 0 Å². The summed E-state index contributed by atoms with van der Waals surface area (Å²) < 4.78 is 0. The summed E-state index contributed by atoms with van der Waals surface area (Å²) in [6.45, 7) is 1.89. The Morgan fingerprint density at radius 3 is 1.89 bits per heavy atom. The second-order valence-corrected chi connectivity index (χ2v) is 7.91. The number of hydrogen-bond acceptors (Lipinski definition) is 3. The van der Waals surface area contributed by atoms with E-state index < -0.39 is 0 Å². The Morgan fingerprint density at radius 1 is 0.815 bits per heavy atom. The first-order valence-electron chi connectivity index (χ1n) is 10.4. The summed E-state index contributed by atoms with van der Waals surface area (Å²) in [6.07, 6.45) is 11.0. The van der Waals surface area contributed by atoms with Gasteiger partial charge in [-0.3, -0.25) is 9.59 Å². The van der Waals surface area contributed by atoms with Crippen molar-refractivity contribution in [1.82, 2.24) is 5.43 Å². The van der Waals surface area contributed by atoms with E-state index >= 15 is 0 Å². The summed E-state index contributed by atoms with van der Waals surface area (Å²) in [5, 5.41) is 7.29. The van der Waals surface area contributed by atoms with Crippen LogP contribution in [0.3, 0.4) is 0 Å². The molecule has 3 rings (SSSR count). The highest BCUT2D eigenvalue weighted by Crippen LogP contribution is 2.25. The van der Waals surface area contributed by atoms with E-state index in [4.69, 9.17) is 0 Å². The fourth-order valence-corrected chi connectivity index (χ4v) is 4.06. The number of nitrogens with zero attached hydrogens (tertiary/aromatic N) is 1. The summed E-state index contributed by atoms with van der Waals surface area (Å²) in [4.78, 5) is 24.5. The molecule has 5 heteroatoms. The quantitative estimate of drug-likeness (QED) is 0.587. The van der Waals surface area contributed by atoms with Crippen LogP contribution in [0, 0.1) is 11.8 Å². The van der Waals surface area contributed by atoms with Crippen LogP contribution in [0.2, 0.25) is 0 Å². The Labute approximate surface area is 162 Å². The number of benzene rings is 1. The molecule has 2 N–H and O–H groups in total. The van der Waals surface area contributed by atoms with Gasteiger partial charge in [-0.05, 0) is 50.3 Å². The van der Waals surface area contributed by atoms with Gasteiger partial charge in [0, 0.05) is 17.5 Å². The van der Waals surface area contributed by atoms with Crippen molar-refractivity contribution in [3.63, 3.8) is 0 Å². The molecule has 0 bridgehead atoms. The van der Waals surface area contributed by atoms with Gasteiger partial charge < -0.3 is 5.32 Å². The minimum absolute atomic E-state index is 0.0328. The molecule has 2 fully saturated rings. The van der Waals surface area contributed by atoms with E-state index in [1.54, 1.807) is 0 Å². The molecular weight excluding hydrogens is 338 g/mol. The van der Waals surface area contributed by atoms with Crippen molar-refractivity contribution in [2.45, 2.75) is 71.1 Å². The van der Waals surface area contributed by atoms with Crippen LogP contribution in [-0.2, 0) is 9.59 Å². The van der Waals surface area contributed by atoms with Gasteiger partial charge in [-0.2, -0.15) is 5.10 Å². The number of nitrogens with one attached hydrogen (secondary N) is 2. The van der Waals surface area contributed by atoms with E-state index in [1.165, 1.54) is 12.8 Å². The van der Waals surface area contributed by atoms with E-state index in [9.17, 15) is 9.59 Å². The van der Waals surface area contributed by atoms with Crippen molar-refractivity contribution in [2.24, 2.45) is 16.9 Å². The first kappa shape index (κ1) is 19.6. The second-order valence-electron chi connectivity index (χ2n) is 7.91. The average molecular weight is 370 g/mol. The first-order chi connectivity index (χ1) is 13.1. The molecule has 2 aliphatic rings. The smallest absolute Gasteiger partial charge is 0.243 e. The van der Waals surface area contributed by atoms with Crippen LogP contribution < -0.4 is 10.7 Å². The minimum Gasteiger partial charge on any atom is -0.326 e. The number of hydrazone groups is 1.